The van der Waals surface area contributed by atoms with Crippen molar-refractivity contribution in [3.8, 4) is 0 Å². The molecule has 0 aromatic rings. The van der Waals surface area contributed by atoms with Gasteiger partial charge in [0.2, 0.25) is 0 Å². The van der Waals surface area contributed by atoms with Crippen molar-refractivity contribution >= 4 is 27.2 Å². The van der Waals surface area contributed by atoms with Gasteiger partial charge in [0.25, 0.3) is 5.17 Å². The Labute approximate surface area is 115 Å². The summed E-state index contributed by atoms with van der Waals surface area (Å²) in [5.41, 5.74) is 0. The number of ether oxygens (including phenoxy) is 1. The molecule has 0 fully saturated rings. The third-order valence-corrected chi connectivity index (χ3v) is 4.35. The minimum atomic E-state index is -3.03. The fraction of sp³-hybridized carbons (Fsp3) is 0.750. The van der Waals surface area contributed by atoms with E-state index in [1.54, 1.807) is 6.08 Å². The summed E-state index contributed by atoms with van der Waals surface area (Å²) in [4.78, 5) is 0. The van der Waals surface area contributed by atoms with Gasteiger partial charge in [-0.2, -0.15) is 0 Å². The van der Waals surface area contributed by atoms with Crippen molar-refractivity contribution in [1.29, 1.82) is 0 Å². The number of unbranched alkanes of at least 4 members (excludes halogenated alkanes) is 4. The maximum absolute atomic E-state index is 11.2. The van der Waals surface area contributed by atoms with Crippen molar-refractivity contribution < 1.29 is 13.2 Å². The predicted octanol–water partition coefficient (Wildman–Crippen LogP) is 2.16. The Morgan fingerprint density at radius 1 is 1.39 bits per heavy atom. The van der Waals surface area contributed by atoms with Crippen LogP contribution in [0.2, 0.25) is 0 Å². The lowest BCUT2D eigenvalue weighted by atomic mass is 10.2. The maximum atomic E-state index is 11.2. The molecular formula is C12H21NO3S2. The Hall–Kier alpha value is -0.620. The average molecular weight is 291 g/mol. The average Bonchev–Trinajstić information content (AvgIpc) is 2.63. The van der Waals surface area contributed by atoms with E-state index in [4.69, 9.17) is 17.0 Å². The topological polar surface area (TPSA) is 55.4 Å². The van der Waals surface area contributed by atoms with E-state index in [1.165, 1.54) is 24.7 Å². The molecule has 0 aliphatic carbocycles. The molecule has 1 unspecified atom stereocenters. The largest absolute Gasteiger partial charge is 0.471 e. The first-order chi connectivity index (χ1) is 8.53. The molecule has 1 atom stereocenters. The van der Waals surface area contributed by atoms with Gasteiger partial charge in [-0.3, -0.25) is 0 Å². The van der Waals surface area contributed by atoms with E-state index in [1.807, 2.05) is 0 Å². The Morgan fingerprint density at radius 3 is 2.72 bits per heavy atom. The van der Waals surface area contributed by atoms with Crippen molar-refractivity contribution in [3.63, 3.8) is 0 Å². The molecule has 0 spiro atoms. The van der Waals surface area contributed by atoms with Crippen LogP contribution in [-0.4, -0.2) is 32.0 Å². The molecule has 1 rings (SSSR count). The molecule has 1 heterocycles. The van der Waals surface area contributed by atoms with Crippen LogP contribution < -0.4 is 5.32 Å². The van der Waals surface area contributed by atoms with E-state index in [-0.39, 0.29) is 17.0 Å². The van der Waals surface area contributed by atoms with Gasteiger partial charge in [0, 0.05) is 5.41 Å². The van der Waals surface area contributed by atoms with Gasteiger partial charge < -0.3 is 10.1 Å². The Bertz CT molecular complexity index is 390. The molecule has 6 heteroatoms. The van der Waals surface area contributed by atoms with Crippen LogP contribution in [0.25, 0.3) is 0 Å². The highest BCUT2D eigenvalue weighted by Gasteiger charge is 2.22. The first-order valence-corrected chi connectivity index (χ1v) is 8.50. The minimum Gasteiger partial charge on any atom is -0.471 e. The van der Waals surface area contributed by atoms with Gasteiger partial charge >= 0.3 is 0 Å². The molecule has 18 heavy (non-hydrogen) atoms. The zero-order chi connectivity index (χ0) is 13.4. The summed E-state index contributed by atoms with van der Waals surface area (Å²) in [5.74, 6) is 0.0625. The fourth-order valence-electron chi connectivity index (χ4n) is 1.73. The van der Waals surface area contributed by atoms with E-state index in [0.29, 0.717) is 6.61 Å². The molecule has 0 saturated carbocycles. The standard InChI is InChI=1S/C12H21NO3S2/c1-2-3-4-5-6-8-16-12(17)13-11-7-9-18(14,15)10-11/h7,9,11H,2-6,8,10H2,1H3,(H,13,17). The van der Waals surface area contributed by atoms with Crippen LogP contribution in [0.1, 0.15) is 39.0 Å². The van der Waals surface area contributed by atoms with Gasteiger partial charge in [0.15, 0.2) is 9.84 Å². The Balaban J connectivity index is 2.06. The molecule has 0 aromatic carbocycles. The van der Waals surface area contributed by atoms with Crippen molar-refractivity contribution in [2.75, 3.05) is 12.4 Å². The van der Waals surface area contributed by atoms with Crippen LogP contribution in [0.5, 0.6) is 0 Å². The summed E-state index contributed by atoms with van der Waals surface area (Å²) in [6, 6.07) is -0.248. The van der Waals surface area contributed by atoms with Crippen LogP contribution in [0.4, 0.5) is 0 Å². The van der Waals surface area contributed by atoms with Crippen molar-refractivity contribution in [1.82, 2.24) is 5.32 Å². The summed E-state index contributed by atoms with van der Waals surface area (Å²) in [5, 5.41) is 4.39. The lowest BCUT2D eigenvalue weighted by Crippen LogP contribution is -2.35. The number of sulfone groups is 1. The predicted molar refractivity (Wildman–Crippen MR) is 77.2 cm³/mol. The maximum Gasteiger partial charge on any atom is 0.257 e. The minimum absolute atomic E-state index is 0.0625. The number of rotatable bonds is 7. The zero-order valence-electron chi connectivity index (χ0n) is 10.7. The molecule has 1 aliphatic heterocycles. The number of hydrogen-bond donors (Lipinski definition) is 1. The summed E-state index contributed by atoms with van der Waals surface area (Å²) in [6.45, 7) is 2.78. The number of nitrogens with one attached hydrogen (secondary N) is 1. The van der Waals surface area contributed by atoms with Crippen LogP contribution in [0.3, 0.4) is 0 Å². The van der Waals surface area contributed by atoms with Gasteiger partial charge in [0.1, 0.15) is 0 Å². The highest BCUT2D eigenvalue weighted by atomic mass is 32.2. The third kappa shape index (κ3) is 6.35. The van der Waals surface area contributed by atoms with Crippen LogP contribution >= 0.6 is 12.2 Å². The van der Waals surface area contributed by atoms with Crippen molar-refractivity contribution in [3.05, 3.63) is 11.5 Å². The molecule has 0 saturated heterocycles. The van der Waals surface area contributed by atoms with Crippen molar-refractivity contribution in [2.24, 2.45) is 0 Å². The summed E-state index contributed by atoms with van der Waals surface area (Å²) >= 11 is 5.00. The van der Waals surface area contributed by atoms with Gasteiger partial charge in [-0.1, -0.05) is 32.6 Å². The quantitative estimate of drug-likeness (QED) is 0.575. The fourth-order valence-corrected chi connectivity index (χ4v) is 3.20. The molecule has 0 amide bonds. The first kappa shape index (κ1) is 15.4. The second-order valence-corrected chi connectivity index (χ2v) is 6.76. The second kappa shape index (κ2) is 7.74. The summed E-state index contributed by atoms with van der Waals surface area (Å²) in [6.07, 6.45) is 7.45. The van der Waals surface area contributed by atoms with Gasteiger partial charge in [0.05, 0.1) is 18.4 Å². The zero-order valence-corrected chi connectivity index (χ0v) is 12.4. The molecule has 4 nitrogen and oxygen atoms in total. The lowest BCUT2D eigenvalue weighted by Gasteiger charge is -2.13. The second-order valence-electron chi connectivity index (χ2n) is 4.46. The van der Waals surface area contributed by atoms with Crippen LogP contribution in [0, 0.1) is 0 Å². The molecule has 0 bridgehead atoms. The van der Waals surface area contributed by atoms with Gasteiger partial charge in [-0.05, 0) is 24.7 Å². The Kier molecular flexibility index (Phi) is 6.63. The SMILES string of the molecule is CCCCCCCOC(=S)NC1C=CS(=O)(=O)C1. The van der Waals surface area contributed by atoms with Crippen LogP contribution in [-0.2, 0) is 14.6 Å². The molecule has 0 aromatic heterocycles. The third-order valence-electron chi connectivity index (χ3n) is 2.71. The number of hydrogen-bond acceptors (Lipinski definition) is 4. The van der Waals surface area contributed by atoms with E-state index >= 15 is 0 Å². The Morgan fingerprint density at radius 2 is 2.11 bits per heavy atom. The molecule has 1 N–H and O–H groups in total. The molecule has 104 valence electrons. The molecule has 0 radical (unpaired) electrons. The van der Waals surface area contributed by atoms with E-state index < -0.39 is 9.84 Å². The highest BCUT2D eigenvalue weighted by Crippen LogP contribution is 2.08. The lowest BCUT2D eigenvalue weighted by molar-refractivity contribution is 0.285. The monoisotopic (exact) mass is 291 g/mol. The highest BCUT2D eigenvalue weighted by molar-refractivity contribution is 7.94. The first-order valence-electron chi connectivity index (χ1n) is 6.38. The smallest absolute Gasteiger partial charge is 0.257 e. The van der Waals surface area contributed by atoms with Crippen molar-refractivity contribution in [2.45, 2.75) is 45.1 Å². The van der Waals surface area contributed by atoms with Crippen LogP contribution in [0.15, 0.2) is 11.5 Å². The van der Waals surface area contributed by atoms with E-state index in [9.17, 15) is 8.42 Å². The molecular weight excluding hydrogens is 270 g/mol. The summed E-state index contributed by atoms with van der Waals surface area (Å²) in [7, 11) is -3.03. The number of thiocarbonyl (C=S) groups is 1. The van der Waals surface area contributed by atoms with E-state index in [2.05, 4.69) is 12.2 Å². The van der Waals surface area contributed by atoms with E-state index in [0.717, 1.165) is 12.8 Å². The van der Waals surface area contributed by atoms with Gasteiger partial charge in [-0.25, -0.2) is 8.42 Å². The van der Waals surface area contributed by atoms with Gasteiger partial charge in [-0.15, -0.1) is 0 Å². The normalized spacial score (nSPS) is 20.8. The summed E-state index contributed by atoms with van der Waals surface area (Å²) < 4.78 is 27.7. The molecule has 1 aliphatic rings.